The van der Waals surface area contributed by atoms with Crippen LogP contribution in [0, 0.1) is 5.21 Å². The van der Waals surface area contributed by atoms with E-state index in [4.69, 9.17) is 22.9 Å². The lowest BCUT2D eigenvalue weighted by atomic mass is 9.98. The molecule has 0 saturated carbocycles. The fraction of sp³-hybridized carbons (Fsp3) is 0.302. The number of anilines is 4. The summed E-state index contributed by atoms with van der Waals surface area (Å²) in [5, 5.41) is 19.6. The second-order valence-corrected chi connectivity index (χ2v) is 15.4. The molecule has 18 heteroatoms. The molecule has 61 heavy (non-hydrogen) atoms. The highest BCUT2D eigenvalue weighted by molar-refractivity contribution is 6.00. The molecule has 6 rings (SSSR count). The van der Waals surface area contributed by atoms with Gasteiger partial charge in [-0.2, -0.15) is 26.3 Å². The van der Waals surface area contributed by atoms with E-state index in [0.29, 0.717) is 33.9 Å². The van der Waals surface area contributed by atoms with Crippen LogP contribution in [0.3, 0.4) is 0 Å². The van der Waals surface area contributed by atoms with Gasteiger partial charge in [0, 0.05) is 60.1 Å². The molecule has 0 radical (unpaired) electrons. The number of nitrogens with one attached hydrogen (secondary N) is 2. The number of benzene rings is 4. The number of carbonyl (C=O) groups excluding carboxylic acids is 2. The first-order valence-corrected chi connectivity index (χ1v) is 19.4. The minimum absolute atomic E-state index is 0.0113. The Hall–Kier alpha value is -6.08. The smallest absolute Gasteiger partial charge is 0.416 e. The third-order valence-corrected chi connectivity index (χ3v) is 10.7. The van der Waals surface area contributed by atoms with Gasteiger partial charge in [-0.25, -0.2) is 0 Å². The van der Waals surface area contributed by atoms with Crippen molar-refractivity contribution in [3.05, 3.63) is 147 Å². The summed E-state index contributed by atoms with van der Waals surface area (Å²) in [6.07, 6.45) is -8.63. The molecule has 12 nitrogen and oxygen atoms in total. The van der Waals surface area contributed by atoms with E-state index < -0.39 is 52.0 Å². The monoisotopic (exact) mass is 851 g/mol. The van der Waals surface area contributed by atoms with E-state index in [1.165, 1.54) is 41.1 Å². The summed E-state index contributed by atoms with van der Waals surface area (Å²) >= 11 is 0. The van der Waals surface area contributed by atoms with Gasteiger partial charge in [-0.1, -0.05) is 36.4 Å². The number of rotatable bonds is 16. The zero-order chi connectivity index (χ0) is 44.3. The number of amides is 2. The van der Waals surface area contributed by atoms with E-state index in [1.807, 2.05) is 0 Å². The van der Waals surface area contributed by atoms with Gasteiger partial charge in [-0.15, -0.1) is 0 Å². The molecule has 0 aliphatic carbocycles. The number of hydrogen-bond donors (Lipinski definition) is 6. The highest BCUT2D eigenvalue weighted by atomic mass is 19.4. The molecule has 0 aromatic heterocycles. The van der Waals surface area contributed by atoms with E-state index in [9.17, 15) is 41.1 Å². The summed E-state index contributed by atoms with van der Waals surface area (Å²) in [5.74, 6) is -0.858. The molecule has 324 valence electrons. The number of nitrogens with zero attached hydrogens (tertiary/aromatic N) is 3. The molecule has 2 amide bonds. The highest BCUT2D eigenvalue weighted by Crippen LogP contribution is 2.36. The van der Waals surface area contributed by atoms with Crippen LogP contribution in [0.15, 0.2) is 120 Å². The Morgan fingerprint density at radius 2 is 1.00 bits per heavy atom. The Morgan fingerprint density at radius 1 is 0.639 bits per heavy atom. The molecular formula is C43H47F6N9O3. The second-order valence-electron chi connectivity index (χ2n) is 15.4. The third-order valence-electron chi connectivity index (χ3n) is 10.7. The Balaban J connectivity index is 1.09. The lowest BCUT2D eigenvalue weighted by Crippen LogP contribution is -2.42. The number of nitrogen functional groups attached to an aromatic ring is 2. The normalized spacial score (nSPS) is 16.2. The van der Waals surface area contributed by atoms with Crippen LogP contribution in [-0.2, 0) is 21.9 Å². The standard InChI is InChI=1S/C43H47F6N9O3/c1-58(61,20-4-18-56-24-34(54-32-8-2-6-28(22-32)42(44,45)46)36(40(56)59)38(52)26-10-14-30(50)15-11-26)21-5-19-57-25-35(55-33-9-3-7-29(23-33)43(47,48)49)37(41(57)60)39(53)27-12-16-31(51)17-13-27/h2-3,6-17,22-23,38-39,54-55H,4-5,18-21,24-25,50-53H2,1H3/t38-,39-/m1/s1. The van der Waals surface area contributed by atoms with E-state index >= 15 is 0 Å². The van der Waals surface area contributed by atoms with E-state index in [-0.39, 0.29) is 74.6 Å². The molecule has 0 fully saturated rings. The van der Waals surface area contributed by atoms with Gasteiger partial charge in [0.2, 0.25) is 0 Å². The summed E-state index contributed by atoms with van der Waals surface area (Å²) in [6.45, 7) is 0.482. The van der Waals surface area contributed by atoms with Crippen LogP contribution in [0.2, 0.25) is 0 Å². The molecule has 4 aromatic rings. The number of nitrogens with two attached hydrogens (primary N) is 4. The number of halogens is 6. The fourth-order valence-corrected chi connectivity index (χ4v) is 7.45. The predicted molar refractivity (Wildman–Crippen MR) is 221 cm³/mol. The Bertz CT molecular complexity index is 2140. The third kappa shape index (κ3) is 10.8. The van der Waals surface area contributed by atoms with Crippen LogP contribution < -0.4 is 33.6 Å². The van der Waals surface area contributed by atoms with Gasteiger partial charge in [0.1, 0.15) is 0 Å². The van der Waals surface area contributed by atoms with E-state index in [0.717, 1.165) is 24.3 Å². The molecule has 2 atom stereocenters. The Kier molecular flexibility index (Phi) is 13.0. The van der Waals surface area contributed by atoms with Gasteiger partial charge in [-0.3, -0.25) is 9.59 Å². The van der Waals surface area contributed by atoms with Crippen molar-refractivity contribution in [3.63, 3.8) is 0 Å². The van der Waals surface area contributed by atoms with Crippen LogP contribution in [0.5, 0.6) is 0 Å². The molecule has 4 aromatic carbocycles. The number of hydroxylamine groups is 3. The van der Waals surface area contributed by atoms with Crippen molar-refractivity contribution >= 4 is 34.6 Å². The van der Waals surface area contributed by atoms with Gasteiger partial charge in [0.25, 0.3) is 11.8 Å². The molecule has 2 heterocycles. The summed E-state index contributed by atoms with van der Waals surface area (Å²) < 4.78 is 80.3. The van der Waals surface area contributed by atoms with Crippen LogP contribution in [0.4, 0.5) is 49.1 Å². The van der Waals surface area contributed by atoms with Crippen molar-refractivity contribution in [2.75, 3.05) is 68.4 Å². The molecule has 2 aliphatic rings. The van der Waals surface area contributed by atoms with Gasteiger partial charge >= 0.3 is 12.4 Å². The van der Waals surface area contributed by atoms with Gasteiger partial charge in [0.05, 0.1) is 67.6 Å². The minimum atomic E-state index is -4.58. The van der Waals surface area contributed by atoms with Gasteiger partial charge < -0.3 is 53.2 Å². The summed E-state index contributed by atoms with van der Waals surface area (Å²) in [7, 11) is 1.47. The molecular weight excluding hydrogens is 805 g/mol. The van der Waals surface area contributed by atoms with Crippen molar-refractivity contribution in [2.45, 2.75) is 37.3 Å². The number of carbonyl (C=O) groups is 2. The maximum absolute atomic E-state index is 13.9. The Morgan fingerprint density at radius 3 is 1.34 bits per heavy atom. The minimum Gasteiger partial charge on any atom is -0.633 e. The second kappa shape index (κ2) is 17.9. The summed E-state index contributed by atoms with van der Waals surface area (Å²) in [5.41, 5.74) is 26.4. The summed E-state index contributed by atoms with van der Waals surface area (Å²) in [6, 6.07) is 20.5. The lowest BCUT2D eigenvalue weighted by molar-refractivity contribution is -0.861. The number of hydrogen-bond acceptors (Lipinski definition) is 9. The zero-order valence-corrected chi connectivity index (χ0v) is 33.2. The molecule has 0 bridgehead atoms. The predicted octanol–water partition coefficient (Wildman–Crippen LogP) is 6.73. The molecule has 2 aliphatic heterocycles. The molecule has 0 unspecified atom stereocenters. The molecule has 0 spiro atoms. The van der Waals surface area contributed by atoms with Crippen LogP contribution in [-0.4, -0.2) is 72.6 Å². The van der Waals surface area contributed by atoms with E-state index in [1.54, 1.807) is 48.5 Å². The van der Waals surface area contributed by atoms with Crippen LogP contribution >= 0.6 is 0 Å². The van der Waals surface area contributed by atoms with Crippen molar-refractivity contribution in [1.82, 2.24) is 9.80 Å². The lowest BCUT2D eigenvalue weighted by Gasteiger charge is -2.39. The first kappa shape index (κ1) is 44.5. The SMILES string of the molecule is C[N+]([O-])(CCCN1CC(Nc2cccc(C(F)(F)F)c2)=C([C@H](N)c2ccc(N)cc2)C1=O)CCCN1CC(Nc2cccc(C(F)(F)F)c2)=C([C@H](N)c2ccc(N)cc2)C1=O. The van der Waals surface area contributed by atoms with Gasteiger partial charge in [-0.05, 0) is 71.8 Å². The van der Waals surface area contributed by atoms with Crippen LogP contribution in [0.25, 0.3) is 0 Å². The first-order chi connectivity index (χ1) is 28.7. The topological polar surface area (TPSA) is 192 Å². The summed E-state index contributed by atoms with van der Waals surface area (Å²) in [4.78, 5) is 30.7. The first-order valence-electron chi connectivity index (χ1n) is 19.4. The number of quaternary nitrogens is 1. The average molecular weight is 852 g/mol. The van der Waals surface area contributed by atoms with E-state index in [2.05, 4.69) is 10.6 Å². The maximum Gasteiger partial charge on any atom is 0.416 e. The highest BCUT2D eigenvalue weighted by Gasteiger charge is 2.37. The quantitative estimate of drug-likeness (QED) is 0.0307. The van der Waals surface area contributed by atoms with Crippen molar-refractivity contribution in [3.8, 4) is 0 Å². The maximum atomic E-state index is 13.9. The Labute approximate surface area is 348 Å². The van der Waals surface area contributed by atoms with Gasteiger partial charge in [0.15, 0.2) is 0 Å². The van der Waals surface area contributed by atoms with Crippen molar-refractivity contribution in [1.29, 1.82) is 0 Å². The number of alkyl halides is 6. The fourth-order valence-electron chi connectivity index (χ4n) is 7.45. The molecule has 0 saturated heterocycles. The largest absolute Gasteiger partial charge is 0.633 e. The van der Waals surface area contributed by atoms with Crippen molar-refractivity contribution < 1.29 is 40.6 Å². The van der Waals surface area contributed by atoms with Crippen LogP contribution in [0.1, 0.15) is 47.2 Å². The molecule has 10 N–H and O–H groups in total. The zero-order valence-electron chi connectivity index (χ0n) is 33.2. The van der Waals surface area contributed by atoms with Crippen molar-refractivity contribution in [2.24, 2.45) is 11.5 Å². The average Bonchev–Trinajstić information content (AvgIpc) is 3.67.